The van der Waals surface area contributed by atoms with E-state index in [2.05, 4.69) is 0 Å². The van der Waals surface area contributed by atoms with Crippen molar-refractivity contribution in [3.05, 3.63) is 29.8 Å². The Morgan fingerprint density at radius 3 is 2.33 bits per heavy atom. The first-order chi connectivity index (χ1) is 9.64. The lowest BCUT2D eigenvalue weighted by Gasteiger charge is -2.32. The standard InChI is InChI=1S/C16H24N2O3/c1-11-7-5-6-8-12(11)18(10-9-13(19)20)15(21)14(17)16(2,3)4/h5-8,14H,9-10,17H2,1-4H3,(H,19,20). The topological polar surface area (TPSA) is 83.6 Å². The van der Waals surface area contributed by atoms with Crippen molar-refractivity contribution in [1.82, 2.24) is 0 Å². The summed E-state index contributed by atoms with van der Waals surface area (Å²) in [4.78, 5) is 25.0. The first kappa shape index (κ1) is 17.2. The number of carboxylic acid groups (broad SMARTS) is 1. The minimum Gasteiger partial charge on any atom is -0.481 e. The van der Waals surface area contributed by atoms with Gasteiger partial charge in [0.2, 0.25) is 5.91 Å². The Morgan fingerprint density at radius 2 is 1.86 bits per heavy atom. The highest BCUT2D eigenvalue weighted by Crippen LogP contribution is 2.25. The predicted octanol–water partition coefficient (Wildman–Crippen LogP) is 2.18. The summed E-state index contributed by atoms with van der Waals surface area (Å²) in [6, 6.07) is 6.71. The minimum absolute atomic E-state index is 0.114. The van der Waals surface area contributed by atoms with E-state index in [9.17, 15) is 9.59 Å². The third-order valence-electron chi connectivity index (χ3n) is 3.42. The van der Waals surface area contributed by atoms with Gasteiger partial charge in [-0.05, 0) is 24.0 Å². The van der Waals surface area contributed by atoms with Crippen molar-refractivity contribution in [3.8, 4) is 0 Å². The van der Waals surface area contributed by atoms with Gasteiger partial charge in [0.25, 0.3) is 0 Å². The molecule has 0 aliphatic rings. The number of aliphatic carboxylic acids is 1. The van der Waals surface area contributed by atoms with Crippen molar-refractivity contribution in [2.45, 2.75) is 40.2 Å². The molecule has 0 saturated carbocycles. The number of benzene rings is 1. The van der Waals surface area contributed by atoms with E-state index in [0.29, 0.717) is 5.69 Å². The van der Waals surface area contributed by atoms with Gasteiger partial charge in [-0.1, -0.05) is 39.0 Å². The fourth-order valence-electron chi connectivity index (χ4n) is 1.96. The maximum atomic E-state index is 12.7. The molecule has 1 aromatic carbocycles. The van der Waals surface area contributed by atoms with Crippen LogP contribution < -0.4 is 10.6 Å². The Morgan fingerprint density at radius 1 is 1.29 bits per heavy atom. The van der Waals surface area contributed by atoms with E-state index in [0.717, 1.165) is 5.56 Å². The summed E-state index contributed by atoms with van der Waals surface area (Å²) in [7, 11) is 0. The van der Waals surface area contributed by atoms with E-state index in [1.165, 1.54) is 4.90 Å². The van der Waals surface area contributed by atoms with Gasteiger partial charge < -0.3 is 15.7 Å². The van der Waals surface area contributed by atoms with E-state index < -0.39 is 12.0 Å². The fourth-order valence-corrected chi connectivity index (χ4v) is 1.96. The normalized spacial score (nSPS) is 12.8. The third kappa shape index (κ3) is 4.56. The molecule has 5 heteroatoms. The highest BCUT2D eigenvalue weighted by atomic mass is 16.4. The zero-order valence-electron chi connectivity index (χ0n) is 13.1. The maximum Gasteiger partial charge on any atom is 0.305 e. The highest BCUT2D eigenvalue weighted by molar-refractivity contribution is 5.98. The summed E-state index contributed by atoms with van der Waals surface area (Å²) in [5, 5.41) is 8.89. The van der Waals surface area contributed by atoms with Gasteiger partial charge in [0.05, 0.1) is 12.5 Å². The van der Waals surface area contributed by atoms with E-state index in [4.69, 9.17) is 10.8 Å². The summed E-state index contributed by atoms with van der Waals surface area (Å²) < 4.78 is 0. The van der Waals surface area contributed by atoms with Gasteiger partial charge in [-0.3, -0.25) is 9.59 Å². The molecule has 21 heavy (non-hydrogen) atoms. The second-order valence-electron chi connectivity index (χ2n) is 6.26. The smallest absolute Gasteiger partial charge is 0.305 e. The molecule has 116 valence electrons. The molecule has 0 aliphatic carbocycles. The molecule has 3 N–H and O–H groups in total. The van der Waals surface area contributed by atoms with Crippen molar-refractivity contribution in [2.75, 3.05) is 11.4 Å². The monoisotopic (exact) mass is 292 g/mol. The number of rotatable bonds is 5. The van der Waals surface area contributed by atoms with Crippen LogP contribution in [0.2, 0.25) is 0 Å². The van der Waals surface area contributed by atoms with Crippen LogP contribution in [-0.4, -0.2) is 29.6 Å². The van der Waals surface area contributed by atoms with Gasteiger partial charge in [0, 0.05) is 12.2 Å². The van der Waals surface area contributed by atoms with Crippen molar-refractivity contribution in [2.24, 2.45) is 11.1 Å². The lowest BCUT2D eigenvalue weighted by atomic mass is 9.86. The van der Waals surface area contributed by atoms with Gasteiger partial charge in [-0.15, -0.1) is 0 Å². The number of nitrogens with zero attached hydrogens (tertiary/aromatic N) is 1. The minimum atomic E-state index is -0.939. The quantitative estimate of drug-likeness (QED) is 0.871. The summed E-state index contributed by atoms with van der Waals surface area (Å²) >= 11 is 0. The lowest BCUT2D eigenvalue weighted by molar-refractivity contribution is -0.136. The molecular weight excluding hydrogens is 268 g/mol. The van der Waals surface area contributed by atoms with Crippen LogP contribution in [0.15, 0.2) is 24.3 Å². The molecule has 1 atom stereocenters. The predicted molar refractivity (Wildman–Crippen MR) is 83.2 cm³/mol. The van der Waals surface area contributed by atoms with Gasteiger partial charge in [-0.2, -0.15) is 0 Å². The number of carboxylic acids is 1. The number of hydrogen-bond acceptors (Lipinski definition) is 3. The molecular formula is C16H24N2O3. The number of carbonyl (C=O) groups is 2. The van der Waals surface area contributed by atoms with Crippen molar-refractivity contribution < 1.29 is 14.7 Å². The molecule has 1 unspecified atom stereocenters. The molecule has 0 spiro atoms. The average molecular weight is 292 g/mol. The molecule has 1 amide bonds. The number of anilines is 1. The number of para-hydroxylation sites is 1. The van der Waals surface area contributed by atoms with Gasteiger partial charge >= 0.3 is 5.97 Å². The molecule has 1 aromatic rings. The van der Waals surface area contributed by atoms with E-state index >= 15 is 0 Å². The van der Waals surface area contributed by atoms with Crippen LogP contribution >= 0.6 is 0 Å². The molecule has 0 bridgehead atoms. The molecule has 5 nitrogen and oxygen atoms in total. The van der Waals surface area contributed by atoms with Gasteiger partial charge in [0.1, 0.15) is 0 Å². The number of aryl methyl sites for hydroxylation is 1. The maximum absolute atomic E-state index is 12.7. The average Bonchev–Trinajstić information content (AvgIpc) is 2.38. The molecule has 0 saturated heterocycles. The zero-order chi connectivity index (χ0) is 16.2. The lowest BCUT2D eigenvalue weighted by Crippen LogP contribution is -2.51. The number of hydrogen-bond donors (Lipinski definition) is 2. The third-order valence-corrected chi connectivity index (χ3v) is 3.42. The number of nitrogens with two attached hydrogens (primary N) is 1. The Bertz CT molecular complexity index is 520. The molecule has 0 aromatic heterocycles. The molecule has 0 heterocycles. The molecule has 0 aliphatic heterocycles. The zero-order valence-corrected chi connectivity index (χ0v) is 13.1. The van der Waals surface area contributed by atoms with Gasteiger partial charge in [-0.25, -0.2) is 0 Å². The Hall–Kier alpha value is -1.88. The van der Waals surface area contributed by atoms with Crippen molar-refractivity contribution in [1.29, 1.82) is 0 Å². The summed E-state index contributed by atoms with van der Waals surface area (Å²) in [6.45, 7) is 7.68. The molecule has 1 rings (SSSR count). The second-order valence-corrected chi connectivity index (χ2v) is 6.26. The highest BCUT2D eigenvalue weighted by Gasteiger charge is 2.32. The summed E-state index contributed by atoms with van der Waals surface area (Å²) in [5.74, 6) is -1.19. The summed E-state index contributed by atoms with van der Waals surface area (Å²) in [5.41, 5.74) is 7.29. The molecule has 0 radical (unpaired) electrons. The molecule has 0 fully saturated rings. The van der Waals surface area contributed by atoms with Crippen LogP contribution in [0.5, 0.6) is 0 Å². The van der Waals surface area contributed by atoms with E-state index in [1.807, 2.05) is 52.0 Å². The van der Waals surface area contributed by atoms with Crippen LogP contribution in [0.3, 0.4) is 0 Å². The Kier molecular flexibility index (Phi) is 5.49. The first-order valence-electron chi connectivity index (χ1n) is 6.99. The van der Waals surface area contributed by atoms with Crippen LogP contribution in [0.4, 0.5) is 5.69 Å². The Labute approximate surface area is 125 Å². The largest absolute Gasteiger partial charge is 0.481 e. The first-order valence-corrected chi connectivity index (χ1v) is 6.99. The van der Waals surface area contributed by atoms with Crippen molar-refractivity contribution in [3.63, 3.8) is 0 Å². The number of amides is 1. The van der Waals surface area contributed by atoms with Crippen LogP contribution in [0.25, 0.3) is 0 Å². The number of carbonyl (C=O) groups excluding carboxylic acids is 1. The van der Waals surface area contributed by atoms with Crippen LogP contribution in [-0.2, 0) is 9.59 Å². The summed E-state index contributed by atoms with van der Waals surface area (Å²) in [6.07, 6.45) is -0.114. The Balaban J connectivity index is 3.11. The van der Waals surface area contributed by atoms with E-state index in [1.54, 1.807) is 0 Å². The van der Waals surface area contributed by atoms with Crippen LogP contribution in [0, 0.1) is 12.3 Å². The van der Waals surface area contributed by atoms with E-state index in [-0.39, 0.29) is 24.3 Å². The van der Waals surface area contributed by atoms with Gasteiger partial charge in [0.15, 0.2) is 0 Å². The SMILES string of the molecule is Cc1ccccc1N(CCC(=O)O)C(=O)C(N)C(C)(C)C. The van der Waals surface area contributed by atoms with Crippen LogP contribution in [0.1, 0.15) is 32.8 Å². The fraction of sp³-hybridized carbons (Fsp3) is 0.500. The second kappa shape index (κ2) is 6.72. The van der Waals surface area contributed by atoms with Crippen molar-refractivity contribution >= 4 is 17.6 Å².